The summed E-state index contributed by atoms with van der Waals surface area (Å²) in [4.78, 5) is 24.3. The molecule has 0 heterocycles. The Bertz CT molecular complexity index is 972. The summed E-state index contributed by atoms with van der Waals surface area (Å²) < 4.78 is 35.1. The molecule has 28 heavy (non-hydrogen) atoms. The quantitative estimate of drug-likeness (QED) is 0.515. The van der Waals surface area contributed by atoms with Crippen LogP contribution in [-0.2, 0) is 19.6 Å². The molecular weight excluding hydrogens is 406 g/mol. The van der Waals surface area contributed by atoms with Crippen molar-refractivity contribution >= 4 is 39.1 Å². The minimum absolute atomic E-state index is 0.286. The van der Waals surface area contributed by atoms with Crippen LogP contribution in [0.1, 0.15) is 22.8 Å². The predicted octanol–water partition coefficient (Wildman–Crippen LogP) is 3.21. The molecule has 0 spiro atoms. The minimum atomic E-state index is -3.40. The largest absolute Gasteiger partial charge is 0.482 e. The monoisotopic (exact) mass is 425 g/mol. The van der Waals surface area contributed by atoms with Gasteiger partial charge < -0.3 is 9.47 Å². The number of sulfonamides is 1. The van der Waals surface area contributed by atoms with Gasteiger partial charge in [0.1, 0.15) is 5.75 Å². The molecule has 0 aliphatic rings. The van der Waals surface area contributed by atoms with Gasteiger partial charge in [0.25, 0.3) is 0 Å². The van der Waals surface area contributed by atoms with Crippen molar-refractivity contribution in [2.45, 2.75) is 20.0 Å². The summed E-state index contributed by atoms with van der Waals surface area (Å²) in [5.74, 6) is -0.641. The molecule has 0 aliphatic heterocycles. The molecule has 0 fully saturated rings. The predicted molar refractivity (Wildman–Crippen MR) is 106 cm³/mol. The topological polar surface area (TPSA) is 98.8 Å². The molecular formula is C19H20ClNO6S. The van der Waals surface area contributed by atoms with Gasteiger partial charge in [0.2, 0.25) is 15.8 Å². The maximum Gasteiger partial charge on any atom is 0.344 e. The molecule has 2 rings (SSSR count). The highest BCUT2D eigenvalue weighted by molar-refractivity contribution is 7.92. The summed E-state index contributed by atoms with van der Waals surface area (Å²) in [6.07, 6.45) is 0.0119. The number of aryl methyl sites for hydroxylation is 1. The van der Waals surface area contributed by atoms with Crippen LogP contribution in [0, 0.1) is 6.92 Å². The highest BCUT2D eigenvalue weighted by Crippen LogP contribution is 2.21. The number of carbonyl (C=O) groups excluding carboxylic acids is 2. The smallest absolute Gasteiger partial charge is 0.344 e. The van der Waals surface area contributed by atoms with Crippen molar-refractivity contribution in [1.29, 1.82) is 0 Å². The van der Waals surface area contributed by atoms with Crippen molar-refractivity contribution in [2.75, 3.05) is 17.6 Å². The average Bonchev–Trinajstić information content (AvgIpc) is 2.61. The van der Waals surface area contributed by atoms with Gasteiger partial charge in [-0.25, -0.2) is 13.2 Å². The number of anilines is 1. The van der Waals surface area contributed by atoms with E-state index in [2.05, 4.69) is 4.72 Å². The second-order valence-corrected chi connectivity index (χ2v) is 8.30. The van der Waals surface area contributed by atoms with E-state index in [1.165, 1.54) is 31.2 Å². The Kier molecular flexibility index (Phi) is 7.04. The number of halogens is 1. The van der Waals surface area contributed by atoms with E-state index in [0.717, 1.165) is 11.8 Å². The van der Waals surface area contributed by atoms with Gasteiger partial charge in [0.15, 0.2) is 12.7 Å². The molecule has 0 bridgehead atoms. The maximum atomic E-state index is 12.4. The third-order valence-electron chi connectivity index (χ3n) is 3.64. The van der Waals surface area contributed by atoms with Gasteiger partial charge in [-0.15, -0.1) is 0 Å². The number of rotatable bonds is 8. The van der Waals surface area contributed by atoms with E-state index < -0.39 is 27.9 Å². The van der Waals surface area contributed by atoms with Gasteiger partial charge in [-0.3, -0.25) is 9.52 Å². The molecule has 0 aliphatic carbocycles. The molecule has 2 aromatic rings. The van der Waals surface area contributed by atoms with Crippen LogP contribution in [0.15, 0.2) is 42.5 Å². The molecule has 0 aromatic heterocycles. The van der Waals surface area contributed by atoms with Crippen LogP contribution in [0.5, 0.6) is 5.75 Å². The fraction of sp³-hybridized carbons (Fsp3) is 0.263. The zero-order valence-corrected chi connectivity index (χ0v) is 17.1. The number of Topliss-reactive ketones (excluding diaryl/α,β-unsaturated/α-hetero) is 1. The summed E-state index contributed by atoms with van der Waals surface area (Å²) in [7, 11) is -3.40. The molecule has 1 N–H and O–H groups in total. The first-order valence-electron chi connectivity index (χ1n) is 8.25. The maximum absolute atomic E-state index is 12.4. The van der Waals surface area contributed by atoms with Crippen LogP contribution in [0.2, 0.25) is 5.02 Å². The van der Waals surface area contributed by atoms with Crippen molar-refractivity contribution in [1.82, 2.24) is 0 Å². The number of ketones is 1. The van der Waals surface area contributed by atoms with E-state index in [4.69, 9.17) is 21.1 Å². The van der Waals surface area contributed by atoms with Gasteiger partial charge in [-0.05, 0) is 61.9 Å². The molecule has 1 unspecified atom stereocenters. The molecule has 0 saturated heterocycles. The molecule has 1 atom stereocenters. The first kappa shape index (κ1) is 21.7. The summed E-state index contributed by atoms with van der Waals surface area (Å²) in [6.45, 7) is 2.91. The average molecular weight is 426 g/mol. The lowest BCUT2D eigenvalue weighted by atomic mass is 10.1. The third-order valence-corrected chi connectivity index (χ3v) is 4.67. The normalized spacial score (nSPS) is 12.1. The Morgan fingerprint density at radius 1 is 1.14 bits per heavy atom. The SMILES string of the molecule is Cc1cc(OCC(=O)OC(C)C(=O)c2ccc(NS(C)(=O)=O)cc2)ccc1Cl. The van der Waals surface area contributed by atoms with Crippen LogP contribution < -0.4 is 9.46 Å². The second-order valence-electron chi connectivity index (χ2n) is 6.15. The fourth-order valence-electron chi connectivity index (χ4n) is 2.29. The molecule has 0 saturated carbocycles. The van der Waals surface area contributed by atoms with Crippen molar-refractivity contribution in [3.8, 4) is 5.75 Å². The summed E-state index contributed by atoms with van der Waals surface area (Å²) >= 11 is 5.93. The second kappa shape index (κ2) is 9.07. The van der Waals surface area contributed by atoms with Gasteiger partial charge in [0.05, 0.1) is 6.26 Å². The highest BCUT2D eigenvalue weighted by atomic mass is 35.5. The van der Waals surface area contributed by atoms with Crippen molar-refractivity contribution in [2.24, 2.45) is 0 Å². The molecule has 9 heteroatoms. The number of carbonyl (C=O) groups is 2. The van der Waals surface area contributed by atoms with E-state index in [1.807, 2.05) is 6.92 Å². The lowest BCUT2D eigenvalue weighted by Gasteiger charge is -2.13. The lowest BCUT2D eigenvalue weighted by molar-refractivity contribution is -0.148. The van der Waals surface area contributed by atoms with Gasteiger partial charge >= 0.3 is 5.97 Å². The number of ether oxygens (including phenoxy) is 2. The summed E-state index contributed by atoms with van der Waals surface area (Å²) in [5, 5.41) is 0.590. The Hall–Kier alpha value is -2.58. The van der Waals surface area contributed by atoms with Crippen LogP contribution in [0.4, 0.5) is 5.69 Å². The Labute approximate surface area is 168 Å². The minimum Gasteiger partial charge on any atom is -0.482 e. The van der Waals surface area contributed by atoms with Gasteiger partial charge in [0, 0.05) is 16.3 Å². The van der Waals surface area contributed by atoms with Crippen molar-refractivity contribution in [3.63, 3.8) is 0 Å². The van der Waals surface area contributed by atoms with E-state index >= 15 is 0 Å². The number of nitrogens with one attached hydrogen (secondary N) is 1. The van der Waals surface area contributed by atoms with E-state index in [1.54, 1.807) is 18.2 Å². The summed E-state index contributed by atoms with van der Waals surface area (Å²) in [5.41, 5.74) is 1.42. The summed E-state index contributed by atoms with van der Waals surface area (Å²) in [6, 6.07) is 10.8. The van der Waals surface area contributed by atoms with Crippen molar-refractivity contribution in [3.05, 3.63) is 58.6 Å². The first-order chi connectivity index (χ1) is 13.0. The number of benzene rings is 2. The Morgan fingerprint density at radius 3 is 2.36 bits per heavy atom. The molecule has 2 aromatic carbocycles. The van der Waals surface area contributed by atoms with E-state index in [9.17, 15) is 18.0 Å². The van der Waals surface area contributed by atoms with Crippen LogP contribution >= 0.6 is 11.6 Å². The van der Waals surface area contributed by atoms with Gasteiger partial charge in [-0.1, -0.05) is 11.6 Å². The molecule has 0 amide bonds. The number of esters is 1. The zero-order chi connectivity index (χ0) is 20.9. The molecule has 150 valence electrons. The highest BCUT2D eigenvalue weighted by Gasteiger charge is 2.20. The first-order valence-corrected chi connectivity index (χ1v) is 10.5. The lowest BCUT2D eigenvalue weighted by Crippen LogP contribution is -2.27. The third kappa shape index (κ3) is 6.54. The number of hydrogen-bond acceptors (Lipinski definition) is 6. The van der Waals surface area contributed by atoms with E-state index in [-0.39, 0.29) is 12.2 Å². The standard InChI is InChI=1S/C19H20ClNO6S/c1-12-10-16(8-9-17(12)20)26-11-18(22)27-13(2)19(23)14-4-6-15(7-5-14)21-28(3,24)25/h4-10,13,21H,11H2,1-3H3. The van der Waals surface area contributed by atoms with Gasteiger partial charge in [-0.2, -0.15) is 0 Å². The fourth-order valence-corrected chi connectivity index (χ4v) is 2.97. The Morgan fingerprint density at radius 2 is 1.79 bits per heavy atom. The van der Waals surface area contributed by atoms with Crippen LogP contribution in [0.25, 0.3) is 0 Å². The zero-order valence-electron chi connectivity index (χ0n) is 15.6. The van der Waals surface area contributed by atoms with Crippen LogP contribution in [-0.4, -0.2) is 39.1 Å². The van der Waals surface area contributed by atoms with Crippen molar-refractivity contribution < 1.29 is 27.5 Å². The van der Waals surface area contributed by atoms with E-state index in [0.29, 0.717) is 16.5 Å². The molecule has 0 radical (unpaired) electrons. The van der Waals surface area contributed by atoms with Crippen LogP contribution in [0.3, 0.4) is 0 Å². The molecule has 7 nitrogen and oxygen atoms in total. The Balaban J connectivity index is 1.90. The number of hydrogen-bond donors (Lipinski definition) is 1.